The summed E-state index contributed by atoms with van der Waals surface area (Å²) in [5.74, 6) is -0.189. The van der Waals surface area contributed by atoms with Gasteiger partial charge in [-0.1, -0.05) is 64.7 Å². The summed E-state index contributed by atoms with van der Waals surface area (Å²) in [6.45, 7) is 4.38. The van der Waals surface area contributed by atoms with E-state index < -0.39 is 5.97 Å². The Morgan fingerprint density at radius 3 is 1.70 bits per heavy atom. The summed E-state index contributed by atoms with van der Waals surface area (Å²) in [7, 11) is 3.75. The molecule has 0 fully saturated rings. The zero-order valence-electron chi connectivity index (χ0n) is 15.8. The van der Waals surface area contributed by atoms with Crippen molar-refractivity contribution >= 4 is 11.9 Å². The van der Waals surface area contributed by atoms with Gasteiger partial charge in [-0.3, -0.25) is 9.79 Å². The van der Waals surface area contributed by atoms with Crippen molar-refractivity contribution in [3.63, 3.8) is 0 Å². The molecule has 0 bridgehead atoms. The number of hydrogen-bond acceptors (Lipinski definition) is 3. The fourth-order valence-electron chi connectivity index (χ4n) is 2.12. The summed E-state index contributed by atoms with van der Waals surface area (Å²) in [4.78, 5) is 15.0. The molecule has 0 saturated heterocycles. The summed E-state index contributed by atoms with van der Waals surface area (Å²) >= 11 is 0. The lowest BCUT2D eigenvalue weighted by Gasteiger charge is -2.17. The van der Waals surface area contributed by atoms with Crippen LogP contribution in [0.2, 0.25) is 0 Å². The Balaban J connectivity index is -0.000000712. The number of carboxylic acids is 1. The van der Waals surface area contributed by atoms with Crippen molar-refractivity contribution in [1.82, 2.24) is 11.1 Å². The van der Waals surface area contributed by atoms with Gasteiger partial charge < -0.3 is 21.9 Å². The fourth-order valence-corrected chi connectivity index (χ4v) is 2.12. The van der Waals surface area contributed by atoms with Crippen LogP contribution in [-0.4, -0.2) is 42.6 Å². The summed E-state index contributed by atoms with van der Waals surface area (Å²) in [5.41, 5.74) is 5.71. The van der Waals surface area contributed by atoms with E-state index in [1.807, 2.05) is 11.9 Å². The van der Waals surface area contributed by atoms with Gasteiger partial charge in [-0.2, -0.15) is 0 Å². The quantitative estimate of drug-likeness (QED) is 0.300. The highest BCUT2D eigenvalue weighted by Gasteiger charge is 1.99. The highest BCUT2D eigenvalue weighted by Crippen LogP contribution is 2.10. The van der Waals surface area contributed by atoms with Crippen molar-refractivity contribution < 1.29 is 9.90 Å². The van der Waals surface area contributed by atoms with Crippen LogP contribution >= 0.6 is 0 Å². The Labute approximate surface area is 143 Å². The van der Waals surface area contributed by atoms with Crippen LogP contribution in [0, 0.1) is 0 Å². The van der Waals surface area contributed by atoms with E-state index in [2.05, 4.69) is 11.9 Å². The summed E-state index contributed by atoms with van der Waals surface area (Å²) in [6, 6.07) is 0. The largest absolute Gasteiger partial charge is 0.481 e. The second-order valence-electron chi connectivity index (χ2n) is 5.70. The highest BCUT2D eigenvalue weighted by atomic mass is 16.4. The number of aliphatic carboxylic acids is 1. The third-order valence-electron chi connectivity index (χ3n) is 3.47. The maximum Gasteiger partial charge on any atom is 0.300 e. The van der Waals surface area contributed by atoms with Crippen LogP contribution in [0.4, 0.5) is 0 Å². The number of carboxylic acid groups (broad SMARTS) is 1. The van der Waals surface area contributed by atoms with Gasteiger partial charge in [-0.25, -0.2) is 0 Å². The normalized spacial score (nSPS) is 10.3. The predicted octanol–water partition coefficient (Wildman–Crippen LogP) is 4.04. The molecule has 0 aromatic heterocycles. The molecule has 140 valence electrons. The molecule has 6 nitrogen and oxygen atoms in total. The van der Waals surface area contributed by atoms with Gasteiger partial charge >= 0.3 is 0 Å². The van der Waals surface area contributed by atoms with Gasteiger partial charge in [0.15, 0.2) is 5.96 Å². The van der Waals surface area contributed by atoms with E-state index >= 15 is 0 Å². The molecule has 0 aliphatic rings. The molecule has 6 heteroatoms. The van der Waals surface area contributed by atoms with Gasteiger partial charge in [0.1, 0.15) is 0 Å². The molecule has 0 heterocycles. The zero-order chi connectivity index (χ0) is 17.2. The lowest BCUT2D eigenvalue weighted by molar-refractivity contribution is -0.134. The number of guanidine groups is 1. The minimum atomic E-state index is -0.833. The molecule has 23 heavy (non-hydrogen) atoms. The summed E-state index contributed by atoms with van der Waals surface area (Å²) < 4.78 is 0. The van der Waals surface area contributed by atoms with Gasteiger partial charge in [-0.05, 0) is 6.42 Å². The zero-order valence-corrected chi connectivity index (χ0v) is 15.8. The minimum absolute atomic E-state index is 0. The number of carbonyl (C=O) groups is 1. The molecule has 0 rings (SSSR count). The van der Waals surface area contributed by atoms with Crippen molar-refractivity contribution in [2.24, 2.45) is 10.7 Å². The molecule has 0 amide bonds. The van der Waals surface area contributed by atoms with Crippen molar-refractivity contribution in [3.8, 4) is 0 Å². The molecule has 0 spiro atoms. The van der Waals surface area contributed by atoms with E-state index in [0.717, 1.165) is 13.5 Å². The second-order valence-corrected chi connectivity index (χ2v) is 5.70. The van der Waals surface area contributed by atoms with Crippen LogP contribution in [-0.2, 0) is 4.79 Å². The lowest BCUT2D eigenvalue weighted by Crippen LogP contribution is -2.34. The molecule has 0 radical (unpaired) electrons. The number of rotatable bonds is 11. The topological polar surface area (TPSA) is 114 Å². The van der Waals surface area contributed by atoms with Crippen LogP contribution in [0.15, 0.2) is 4.99 Å². The van der Waals surface area contributed by atoms with E-state index in [1.165, 1.54) is 64.2 Å². The van der Waals surface area contributed by atoms with E-state index in [9.17, 15) is 0 Å². The van der Waals surface area contributed by atoms with Gasteiger partial charge in [0.05, 0.1) is 0 Å². The maximum absolute atomic E-state index is 9.00. The number of hydrogen-bond donors (Lipinski definition) is 3. The van der Waals surface area contributed by atoms with Crippen LogP contribution in [0.3, 0.4) is 0 Å². The number of unbranched alkanes of at least 4 members (excludes halogenated alkanes) is 9. The van der Waals surface area contributed by atoms with E-state index in [1.54, 1.807) is 7.05 Å². The molecule has 0 aromatic carbocycles. The predicted molar refractivity (Wildman–Crippen MR) is 100 cm³/mol. The van der Waals surface area contributed by atoms with E-state index in [0.29, 0.717) is 5.96 Å². The van der Waals surface area contributed by atoms with Gasteiger partial charge in [-0.15, -0.1) is 0 Å². The molecule has 0 unspecified atom stereocenters. The van der Waals surface area contributed by atoms with Gasteiger partial charge in [0.25, 0.3) is 5.97 Å². The van der Waals surface area contributed by atoms with Crippen molar-refractivity contribution in [1.29, 1.82) is 0 Å². The molecular formula is C17H40N4O2. The molecular weight excluding hydrogens is 292 g/mol. The number of nitrogens with two attached hydrogens (primary N) is 1. The Morgan fingerprint density at radius 1 is 1.00 bits per heavy atom. The first kappa shape index (κ1) is 26.6. The Morgan fingerprint density at radius 2 is 1.35 bits per heavy atom. The first-order chi connectivity index (χ1) is 10.5. The Bertz CT molecular complexity index is 280. The van der Waals surface area contributed by atoms with Crippen LogP contribution in [0.5, 0.6) is 0 Å². The molecule has 0 aromatic rings. The first-order valence-corrected chi connectivity index (χ1v) is 8.58. The van der Waals surface area contributed by atoms with Crippen LogP contribution in [0.1, 0.15) is 78.1 Å². The van der Waals surface area contributed by atoms with Crippen LogP contribution < -0.4 is 11.9 Å². The second kappa shape index (κ2) is 20.7. The molecule has 6 N–H and O–H groups in total. The Hall–Kier alpha value is -1.30. The molecule has 0 saturated carbocycles. The van der Waals surface area contributed by atoms with Gasteiger partial charge in [0.2, 0.25) is 0 Å². The number of nitrogens with zero attached hydrogens (tertiary/aromatic N) is 2. The lowest BCUT2D eigenvalue weighted by atomic mass is 10.1. The first-order valence-electron chi connectivity index (χ1n) is 8.58. The SMILES string of the molecule is CC(=O)O.CCCCCCCCCCCCN(C)C(N)=NC.N. The van der Waals surface area contributed by atoms with E-state index in [-0.39, 0.29) is 6.15 Å². The third kappa shape index (κ3) is 26.0. The highest BCUT2D eigenvalue weighted by molar-refractivity contribution is 5.77. The van der Waals surface area contributed by atoms with Crippen molar-refractivity contribution in [3.05, 3.63) is 0 Å². The summed E-state index contributed by atoms with van der Waals surface area (Å²) in [6.07, 6.45) is 13.8. The molecule has 0 aliphatic carbocycles. The molecule has 0 atom stereocenters. The van der Waals surface area contributed by atoms with Gasteiger partial charge in [0, 0.05) is 27.6 Å². The smallest absolute Gasteiger partial charge is 0.300 e. The fraction of sp³-hybridized carbons (Fsp3) is 0.882. The van der Waals surface area contributed by atoms with Crippen molar-refractivity contribution in [2.75, 3.05) is 20.6 Å². The summed E-state index contributed by atoms with van der Waals surface area (Å²) in [5, 5.41) is 7.42. The minimum Gasteiger partial charge on any atom is -0.481 e. The maximum atomic E-state index is 9.00. The van der Waals surface area contributed by atoms with Crippen LogP contribution in [0.25, 0.3) is 0 Å². The molecule has 0 aliphatic heterocycles. The Kier molecular flexibility index (Phi) is 23.9. The van der Waals surface area contributed by atoms with E-state index in [4.69, 9.17) is 15.6 Å². The average Bonchev–Trinajstić information content (AvgIpc) is 2.47. The average molecular weight is 333 g/mol. The third-order valence-corrected chi connectivity index (χ3v) is 3.47. The number of aliphatic imine (C=N–C) groups is 1. The monoisotopic (exact) mass is 332 g/mol. The van der Waals surface area contributed by atoms with Crippen molar-refractivity contribution in [2.45, 2.75) is 78.1 Å². The standard InChI is InChI=1S/C15H33N3.C2H4O2.H3N/c1-4-5-6-7-8-9-10-11-12-13-14-18(3)15(16)17-2;1-2(3)4;/h4-14H2,1-3H3,(H2,16,17);1H3,(H,3,4);1H3.